The fraction of sp³-hybridized carbons (Fsp3) is 0.0500. The lowest BCUT2D eigenvalue weighted by Gasteiger charge is -2.09. The molecular formula is C20H16ClFN4O3. The van der Waals surface area contributed by atoms with E-state index in [0.717, 1.165) is 12.1 Å². The van der Waals surface area contributed by atoms with Gasteiger partial charge in [-0.15, -0.1) is 0 Å². The summed E-state index contributed by atoms with van der Waals surface area (Å²) in [5.41, 5.74) is 1.24. The Hall–Kier alpha value is -3.65. The highest BCUT2D eigenvalue weighted by molar-refractivity contribution is 6.34. The number of aromatic amines is 1. The molecule has 2 aromatic carbocycles. The standard InChI is InChI=1S/C20H16ClFN4O3/c1-23-18(27)14-8-9-24-17(14)20(29)26-13-5-3-12(4-6-13)25-19(28)15-10-11(22)2-7-16(15)21/h2-10,24H,1H3,(H,23,27)(H,25,28)(H,26,29). The van der Waals surface area contributed by atoms with Gasteiger partial charge in [-0.2, -0.15) is 0 Å². The molecule has 3 rings (SSSR count). The number of amides is 3. The van der Waals surface area contributed by atoms with Crippen LogP contribution in [0.15, 0.2) is 54.7 Å². The number of benzene rings is 2. The number of hydrogen-bond donors (Lipinski definition) is 4. The van der Waals surface area contributed by atoms with Gasteiger partial charge in [-0.1, -0.05) is 11.6 Å². The molecule has 0 spiro atoms. The molecule has 7 nitrogen and oxygen atoms in total. The van der Waals surface area contributed by atoms with E-state index in [9.17, 15) is 18.8 Å². The highest BCUT2D eigenvalue weighted by Crippen LogP contribution is 2.20. The summed E-state index contributed by atoms with van der Waals surface area (Å²) < 4.78 is 13.3. The van der Waals surface area contributed by atoms with Crippen LogP contribution in [0, 0.1) is 5.82 Å². The zero-order chi connectivity index (χ0) is 21.0. The van der Waals surface area contributed by atoms with E-state index >= 15 is 0 Å². The van der Waals surface area contributed by atoms with E-state index in [4.69, 9.17) is 11.6 Å². The first-order chi connectivity index (χ1) is 13.9. The topological polar surface area (TPSA) is 103 Å². The van der Waals surface area contributed by atoms with Crippen LogP contribution in [0.2, 0.25) is 5.02 Å². The summed E-state index contributed by atoms with van der Waals surface area (Å²) in [6, 6.07) is 11.3. The zero-order valence-corrected chi connectivity index (χ0v) is 15.9. The van der Waals surface area contributed by atoms with Gasteiger partial charge in [0.05, 0.1) is 16.1 Å². The van der Waals surface area contributed by atoms with E-state index in [1.54, 1.807) is 24.3 Å². The van der Waals surface area contributed by atoms with Gasteiger partial charge in [0.25, 0.3) is 17.7 Å². The van der Waals surface area contributed by atoms with Crippen molar-refractivity contribution in [1.82, 2.24) is 10.3 Å². The maximum Gasteiger partial charge on any atom is 0.272 e. The maximum absolute atomic E-state index is 13.3. The lowest BCUT2D eigenvalue weighted by atomic mass is 10.2. The Labute approximate surface area is 170 Å². The van der Waals surface area contributed by atoms with Crippen molar-refractivity contribution < 1.29 is 18.8 Å². The molecule has 0 fully saturated rings. The summed E-state index contributed by atoms with van der Waals surface area (Å²) in [7, 11) is 1.47. The van der Waals surface area contributed by atoms with Crippen molar-refractivity contribution in [2.75, 3.05) is 17.7 Å². The summed E-state index contributed by atoms with van der Waals surface area (Å²) in [4.78, 5) is 39.2. The van der Waals surface area contributed by atoms with Gasteiger partial charge < -0.3 is 20.9 Å². The van der Waals surface area contributed by atoms with Crippen LogP contribution >= 0.6 is 11.6 Å². The summed E-state index contributed by atoms with van der Waals surface area (Å²) >= 11 is 5.93. The number of rotatable bonds is 5. The summed E-state index contributed by atoms with van der Waals surface area (Å²) in [6.07, 6.45) is 1.50. The second-order valence-corrected chi connectivity index (χ2v) is 6.36. The molecule has 29 heavy (non-hydrogen) atoms. The third-order valence-electron chi connectivity index (χ3n) is 4.02. The van der Waals surface area contributed by atoms with Crippen molar-refractivity contribution in [3.05, 3.63) is 82.4 Å². The highest BCUT2D eigenvalue weighted by atomic mass is 35.5. The fourth-order valence-corrected chi connectivity index (χ4v) is 2.78. The minimum absolute atomic E-state index is 0.0116. The number of aromatic nitrogens is 1. The Morgan fingerprint density at radius 3 is 2.10 bits per heavy atom. The first-order valence-electron chi connectivity index (χ1n) is 8.46. The minimum atomic E-state index is -0.571. The highest BCUT2D eigenvalue weighted by Gasteiger charge is 2.18. The van der Waals surface area contributed by atoms with Crippen LogP contribution in [0.5, 0.6) is 0 Å². The summed E-state index contributed by atoms with van der Waals surface area (Å²) in [5.74, 6) is -2.01. The van der Waals surface area contributed by atoms with Gasteiger partial charge in [-0.3, -0.25) is 14.4 Å². The number of H-pyrrole nitrogens is 1. The lowest BCUT2D eigenvalue weighted by molar-refractivity contribution is 0.0947. The molecule has 3 amide bonds. The Bertz CT molecular complexity index is 1080. The van der Waals surface area contributed by atoms with Gasteiger partial charge in [0.1, 0.15) is 11.5 Å². The lowest BCUT2D eigenvalue weighted by Crippen LogP contribution is -2.22. The Morgan fingerprint density at radius 1 is 0.862 bits per heavy atom. The summed E-state index contributed by atoms with van der Waals surface area (Å²) in [6.45, 7) is 0. The van der Waals surface area contributed by atoms with Crippen LogP contribution < -0.4 is 16.0 Å². The van der Waals surface area contributed by atoms with Crippen molar-refractivity contribution in [3.8, 4) is 0 Å². The number of anilines is 2. The second kappa shape index (κ2) is 8.57. The monoisotopic (exact) mass is 414 g/mol. The predicted octanol–water partition coefficient (Wildman–Crippen LogP) is 3.67. The normalized spacial score (nSPS) is 10.3. The molecule has 1 heterocycles. The number of halogens is 2. The molecular weight excluding hydrogens is 399 g/mol. The molecule has 0 unspecified atom stereocenters. The molecule has 0 bridgehead atoms. The summed E-state index contributed by atoms with van der Waals surface area (Å²) in [5, 5.41) is 7.85. The number of hydrogen-bond acceptors (Lipinski definition) is 3. The fourth-order valence-electron chi connectivity index (χ4n) is 2.58. The molecule has 0 saturated heterocycles. The van der Waals surface area contributed by atoms with E-state index in [-0.39, 0.29) is 27.8 Å². The van der Waals surface area contributed by atoms with E-state index in [1.165, 1.54) is 25.4 Å². The largest absolute Gasteiger partial charge is 0.357 e. The van der Waals surface area contributed by atoms with E-state index in [1.807, 2.05) is 0 Å². The first kappa shape index (κ1) is 20.1. The van der Waals surface area contributed by atoms with Crippen LogP contribution in [0.4, 0.5) is 15.8 Å². The maximum atomic E-state index is 13.3. The van der Waals surface area contributed by atoms with Crippen molar-refractivity contribution in [3.63, 3.8) is 0 Å². The first-order valence-corrected chi connectivity index (χ1v) is 8.84. The van der Waals surface area contributed by atoms with Crippen LogP contribution in [-0.4, -0.2) is 29.8 Å². The van der Waals surface area contributed by atoms with E-state index in [2.05, 4.69) is 20.9 Å². The average Bonchev–Trinajstić information content (AvgIpc) is 3.20. The molecule has 1 aromatic heterocycles. The molecule has 3 aromatic rings. The molecule has 0 aliphatic rings. The van der Waals surface area contributed by atoms with Gasteiger partial charge >= 0.3 is 0 Å². The zero-order valence-electron chi connectivity index (χ0n) is 15.2. The Balaban J connectivity index is 1.68. The van der Waals surface area contributed by atoms with Crippen LogP contribution in [0.1, 0.15) is 31.2 Å². The SMILES string of the molecule is CNC(=O)c1cc[nH]c1C(=O)Nc1ccc(NC(=O)c2cc(F)ccc2Cl)cc1. The van der Waals surface area contributed by atoms with Gasteiger partial charge in [0.15, 0.2) is 0 Å². The average molecular weight is 415 g/mol. The molecule has 0 aliphatic heterocycles. The Kier molecular flexibility index (Phi) is 5.94. The molecule has 0 radical (unpaired) electrons. The van der Waals surface area contributed by atoms with Crippen molar-refractivity contribution in [2.45, 2.75) is 0 Å². The van der Waals surface area contributed by atoms with Crippen molar-refractivity contribution in [1.29, 1.82) is 0 Å². The minimum Gasteiger partial charge on any atom is -0.357 e. The molecule has 0 atom stereocenters. The van der Waals surface area contributed by atoms with Gasteiger partial charge in [-0.25, -0.2) is 4.39 Å². The van der Waals surface area contributed by atoms with Crippen LogP contribution in [0.25, 0.3) is 0 Å². The van der Waals surface area contributed by atoms with Crippen molar-refractivity contribution >= 4 is 40.7 Å². The third kappa shape index (κ3) is 4.61. The molecule has 9 heteroatoms. The van der Waals surface area contributed by atoms with Crippen LogP contribution in [0.3, 0.4) is 0 Å². The Morgan fingerprint density at radius 2 is 1.48 bits per heavy atom. The van der Waals surface area contributed by atoms with E-state index in [0.29, 0.717) is 11.4 Å². The van der Waals surface area contributed by atoms with Gasteiger partial charge in [0.2, 0.25) is 0 Å². The van der Waals surface area contributed by atoms with E-state index < -0.39 is 17.6 Å². The van der Waals surface area contributed by atoms with Gasteiger partial charge in [-0.05, 0) is 48.5 Å². The third-order valence-corrected chi connectivity index (χ3v) is 4.35. The molecule has 0 aliphatic carbocycles. The number of nitrogens with one attached hydrogen (secondary N) is 4. The quantitative estimate of drug-likeness (QED) is 0.512. The number of carbonyl (C=O) groups is 3. The number of carbonyl (C=O) groups excluding carboxylic acids is 3. The van der Waals surface area contributed by atoms with Crippen molar-refractivity contribution in [2.24, 2.45) is 0 Å². The van der Waals surface area contributed by atoms with Gasteiger partial charge in [0, 0.05) is 24.6 Å². The predicted molar refractivity (Wildman–Crippen MR) is 108 cm³/mol. The molecule has 148 valence electrons. The van der Waals surface area contributed by atoms with Crippen LogP contribution in [-0.2, 0) is 0 Å². The molecule has 4 N–H and O–H groups in total. The second-order valence-electron chi connectivity index (χ2n) is 5.96. The smallest absolute Gasteiger partial charge is 0.272 e. The molecule has 0 saturated carbocycles.